The highest BCUT2D eigenvalue weighted by Gasteiger charge is 2.06. The second-order valence-corrected chi connectivity index (χ2v) is 5.69. The van der Waals surface area contributed by atoms with Gasteiger partial charge in [-0.3, -0.25) is 0 Å². The molecular formula is C11H17NS2. The molecule has 1 unspecified atom stereocenters. The smallest absolute Gasteiger partial charge is 0.106 e. The van der Waals surface area contributed by atoms with E-state index in [0.29, 0.717) is 0 Å². The lowest BCUT2D eigenvalue weighted by molar-refractivity contribution is 0.723. The Morgan fingerprint density at radius 3 is 2.79 bits per heavy atom. The Morgan fingerprint density at radius 2 is 2.21 bits per heavy atom. The number of nitrogens with zero attached hydrogens (tertiary/aromatic N) is 1. The number of pyridine rings is 1. The summed E-state index contributed by atoms with van der Waals surface area (Å²) < 4.78 is 0. The van der Waals surface area contributed by atoms with Gasteiger partial charge in [-0.2, -0.15) is 0 Å². The van der Waals surface area contributed by atoms with E-state index >= 15 is 0 Å². The van der Waals surface area contributed by atoms with E-state index in [1.165, 1.54) is 19.3 Å². The van der Waals surface area contributed by atoms with Crippen LogP contribution in [0, 0.1) is 0 Å². The average Bonchev–Trinajstić information content (AvgIpc) is 2.25. The molecule has 1 rings (SSSR count). The van der Waals surface area contributed by atoms with E-state index in [1.807, 2.05) is 29.1 Å². The van der Waals surface area contributed by atoms with Gasteiger partial charge in [-0.1, -0.05) is 37.1 Å². The fraction of sp³-hybridized carbons (Fsp3) is 0.545. The molecule has 3 heteroatoms. The standard InChI is InChI=1S/C11H17NS2/c1-3-7-10(4-2)13-14-11-8-5-6-9-12-11/h5-6,8-10H,3-4,7H2,1-2H3. The molecule has 0 saturated heterocycles. The van der Waals surface area contributed by atoms with Crippen LogP contribution < -0.4 is 0 Å². The third kappa shape index (κ3) is 4.38. The molecule has 78 valence electrons. The van der Waals surface area contributed by atoms with Crippen LogP contribution in [0.25, 0.3) is 0 Å². The van der Waals surface area contributed by atoms with Crippen molar-refractivity contribution in [1.29, 1.82) is 0 Å². The van der Waals surface area contributed by atoms with Gasteiger partial charge in [0, 0.05) is 11.4 Å². The molecule has 1 atom stereocenters. The summed E-state index contributed by atoms with van der Waals surface area (Å²) in [6.07, 6.45) is 5.68. The van der Waals surface area contributed by atoms with Crippen LogP contribution in [0.5, 0.6) is 0 Å². The third-order valence-electron chi connectivity index (χ3n) is 1.97. The summed E-state index contributed by atoms with van der Waals surface area (Å²) in [6.45, 7) is 4.50. The van der Waals surface area contributed by atoms with Crippen molar-refractivity contribution < 1.29 is 0 Å². The van der Waals surface area contributed by atoms with Gasteiger partial charge in [0.05, 0.1) is 0 Å². The normalized spacial score (nSPS) is 12.7. The fourth-order valence-electron chi connectivity index (χ4n) is 1.16. The third-order valence-corrected chi connectivity index (χ3v) is 4.94. The molecule has 1 aromatic heterocycles. The van der Waals surface area contributed by atoms with Gasteiger partial charge in [-0.15, -0.1) is 0 Å². The van der Waals surface area contributed by atoms with Crippen molar-refractivity contribution in [3.05, 3.63) is 24.4 Å². The Balaban J connectivity index is 2.32. The first-order chi connectivity index (χ1) is 6.86. The molecule has 0 saturated carbocycles. The van der Waals surface area contributed by atoms with Gasteiger partial charge in [0.15, 0.2) is 0 Å². The van der Waals surface area contributed by atoms with Crippen molar-refractivity contribution >= 4 is 21.6 Å². The lowest BCUT2D eigenvalue weighted by atomic mass is 10.2. The zero-order chi connectivity index (χ0) is 10.2. The minimum atomic E-state index is 0.770. The summed E-state index contributed by atoms with van der Waals surface area (Å²) in [6, 6.07) is 6.06. The molecule has 0 N–H and O–H groups in total. The summed E-state index contributed by atoms with van der Waals surface area (Å²) in [5.41, 5.74) is 0. The molecule has 1 heterocycles. The van der Waals surface area contributed by atoms with Gasteiger partial charge >= 0.3 is 0 Å². The lowest BCUT2D eigenvalue weighted by Gasteiger charge is -2.11. The maximum Gasteiger partial charge on any atom is 0.106 e. The maximum absolute atomic E-state index is 4.29. The first-order valence-electron chi connectivity index (χ1n) is 5.11. The molecule has 0 aliphatic heterocycles. The average molecular weight is 227 g/mol. The molecule has 0 aliphatic rings. The van der Waals surface area contributed by atoms with E-state index in [9.17, 15) is 0 Å². The van der Waals surface area contributed by atoms with Crippen LogP contribution in [0.1, 0.15) is 33.1 Å². The Kier molecular flexibility index (Phi) is 6.12. The molecule has 0 amide bonds. The minimum Gasteiger partial charge on any atom is -0.249 e. The molecule has 0 aromatic carbocycles. The zero-order valence-corrected chi connectivity index (χ0v) is 10.4. The Labute approximate surface area is 94.5 Å². The summed E-state index contributed by atoms with van der Waals surface area (Å²) >= 11 is 0. The Bertz CT molecular complexity index is 238. The molecule has 0 spiro atoms. The van der Waals surface area contributed by atoms with E-state index in [1.54, 1.807) is 10.8 Å². The van der Waals surface area contributed by atoms with Gasteiger partial charge in [0.2, 0.25) is 0 Å². The molecule has 0 bridgehead atoms. The highest BCUT2D eigenvalue weighted by atomic mass is 33.1. The first-order valence-corrected chi connectivity index (χ1v) is 7.32. The van der Waals surface area contributed by atoms with Gasteiger partial charge in [0.1, 0.15) is 5.03 Å². The first kappa shape index (κ1) is 11.9. The molecular weight excluding hydrogens is 210 g/mol. The Morgan fingerprint density at radius 1 is 1.36 bits per heavy atom. The topological polar surface area (TPSA) is 12.9 Å². The van der Waals surface area contributed by atoms with E-state index in [-0.39, 0.29) is 0 Å². The van der Waals surface area contributed by atoms with Crippen LogP contribution in [0.3, 0.4) is 0 Å². The molecule has 1 aromatic rings. The van der Waals surface area contributed by atoms with Crippen LogP contribution in [0.2, 0.25) is 0 Å². The van der Waals surface area contributed by atoms with Crippen LogP contribution >= 0.6 is 21.6 Å². The zero-order valence-electron chi connectivity index (χ0n) is 8.77. The summed E-state index contributed by atoms with van der Waals surface area (Å²) in [4.78, 5) is 4.29. The summed E-state index contributed by atoms with van der Waals surface area (Å²) in [5.74, 6) is 0. The minimum absolute atomic E-state index is 0.770. The molecule has 0 fully saturated rings. The quantitative estimate of drug-likeness (QED) is 0.669. The SMILES string of the molecule is CCCC(CC)SSc1ccccn1. The number of hydrogen-bond donors (Lipinski definition) is 0. The van der Waals surface area contributed by atoms with Crippen molar-refractivity contribution in [2.24, 2.45) is 0 Å². The van der Waals surface area contributed by atoms with Gasteiger partial charge < -0.3 is 0 Å². The summed E-state index contributed by atoms with van der Waals surface area (Å²) in [7, 11) is 3.75. The van der Waals surface area contributed by atoms with Crippen LogP contribution in [0.15, 0.2) is 29.4 Å². The highest BCUT2D eigenvalue weighted by molar-refractivity contribution is 8.76. The highest BCUT2D eigenvalue weighted by Crippen LogP contribution is 2.36. The Hall–Kier alpha value is -0.150. The number of aromatic nitrogens is 1. The largest absolute Gasteiger partial charge is 0.249 e. The predicted octanol–water partition coefficient (Wildman–Crippen LogP) is 4.40. The van der Waals surface area contributed by atoms with E-state index < -0.39 is 0 Å². The molecule has 14 heavy (non-hydrogen) atoms. The van der Waals surface area contributed by atoms with Crippen LogP contribution in [0.4, 0.5) is 0 Å². The lowest BCUT2D eigenvalue weighted by Crippen LogP contribution is -1.97. The monoisotopic (exact) mass is 227 g/mol. The van der Waals surface area contributed by atoms with Crippen molar-refractivity contribution in [2.45, 2.75) is 43.4 Å². The van der Waals surface area contributed by atoms with E-state index in [2.05, 4.69) is 24.9 Å². The van der Waals surface area contributed by atoms with Crippen LogP contribution in [-0.4, -0.2) is 10.2 Å². The van der Waals surface area contributed by atoms with Gasteiger partial charge in [-0.05, 0) is 35.8 Å². The molecule has 1 nitrogen and oxygen atoms in total. The van der Waals surface area contributed by atoms with Crippen LogP contribution in [-0.2, 0) is 0 Å². The van der Waals surface area contributed by atoms with Gasteiger partial charge in [-0.25, -0.2) is 4.98 Å². The molecule has 0 aliphatic carbocycles. The number of rotatable bonds is 6. The van der Waals surface area contributed by atoms with Crippen molar-refractivity contribution in [2.75, 3.05) is 0 Å². The van der Waals surface area contributed by atoms with Crippen molar-refractivity contribution in [1.82, 2.24) is 4.98 Å². The number of hydrogen-bond acceptors (Lipinski definition) is 3. The van der Waals surface area contributed by atoms with E-state index in [0.717, 1.165) is 10.3 Å². The van der Waals surface area contributed by atoms with E-state index in [4.69, 9.17) is 0 Å². The second-order valence-electron chi connectivity index (χ2n) is 3.17. The van der Waals surface area contributed by atoms with Crippen molar-refractivity contribution in [3.63, 3.8) is 0 Å². The predicted molar refractivity (Wildman–Crippen MR) is 66.7 cm³/mol. The summed E-state index contributed by atoms with van der Waals surface area (Å²) in [5, 5.41) is 1.89. The maximum atomic E-state index is 4.29. The van der Waals surface area contributed by atoms with Crippen molar-refractivity contribution in [3.8, 4) is 0 Å². The fourth-order valence-corrected chi connectivity index (χ4v) is 3.79. The molecule has 0 radical (unpaired) electrons. The van der Waals surface area contributed by atoms with Gasteiger partial charge in [0.25, 0.3) is 0 Å². The second kappa shape index (κ2) is 7.18.